The van der Waals surface area contributed by atoms with E-state index in [1.807, 2.05) is 11.8 Å². The summed E-state index contributed by atoms with van der Waals surface area (Å²) in [5.41, 5.74) is 1.38. The zero-order valence-corrected chi connectivity index (χ0v) is 11.9. The number of thioether (sulfide) groups is 1. The smallest absolute Gasteiger partial charge is 0.157 e. The Bertz CT molecular complexity index is 429. The van der Waals surface area contributed by atoms with Crippen LogP contribution in [0.4, 0.5) is 0 Å². The summed E-state index contributed by atoms with van der Waals surface area (Å²) < 4.78 is 5.38. The van der Waals surface area contributed by atoms with Crippen LogP contribution in [0.25, 0.3) is 0 Å². The Kier molecular flexibility index (Phi) is 4.41. The van der Waals surface area contributed by atoms with E-state index in [1.165, 1.54) is 5.56 Å². The van der Waals surface area contributed by atoms with Gasteiger partial charge in [0, 0.05) is 25.0 Å². The Labute approximate surface area is 118 Å². The summed E-state index contributed by atoms with van der Waals surface area (Å²) in [5, 5.41) is 4.70. The van der Waals surface area contributed by atoms with Crippen molar-refractivity contribution in [3.63, 3.8) is 0 Å². The van der Waals surface area contributed by atoms with E-state index in [1.54, 1.807) is 0 Å². The molecule has 1 aromatic rings. The van der Waals surface area contributed by atoms with Crippen LogP contribution in [0.5, 0.6) is 0 Å². The van der Waals surface area contributed by atoms with Gasteiger partial charge in [0.2, 0.25) is 0 Å². The van der Waals surface area contributed by atoms with Gasteiger partial charge >= 0.3 is 0 Å². The molecule has 0 aromatic heterocycles. The number of nitrogens with one attached hydrogen (secondary N) is 1. The molecular weight excluding hydrogens is 256 g/mol. The summed E-state index contributed by atoms with van der Waals surface area (Å²) in [6.07, 6.45) is 3.25. The summed E-state index contributed by atoms with van der Waals surface area (Å²) in [4.78, 5) is 4.81. The van der Waals surface area contributed by atoms with E-state index in [0.717, 1.165) is 43.4 Å². The molecule has 4 heteroatoms. The third kappa shape index (κ3) is 3.74. The average molecular weight is 276 g/mol. The quantitative estimate of drug-likeness (QED) is 0.921. The predicted molar refractivity (Wildman–Crippen MR) is 80.8 cm³/mol. The molecule has 0 aliphatic carbocycles. The summed E-state index contributed by atoms with van der Waals surface area (Å²) in [6.45, 7) is 1.76. The van der Waals surface area contributed by atoms with Gasteiger partial charge in [-0.2, -0.15) is 0 Å². The van der Waals surface area contributed by atoms with E-state index >= 15 is 0 Å². The van der Waals surface area contributed by atoms with Crippen LogP contribution in [0.15, 0.2) is 35.3 Å². The number of amidine groups is 1. The van der Waals surface area contributed by atoms with Gasteiger partial charge in [-0.3, -0.25) is 4.99 Å². The minimum Gasteiger partial charge on any atom is -0.381 e. The first-order valence-corrected chi connectivity index (χ1v) is 7.97. The van der Waals surface area contributed by atoms with Crippen molar-refractivity contribution in [2.24, 2.45) is 4.99 Å². The molecule has 0 bridgehead atoms. The maximum atomic E-state index is 5.38. The lowest BCUT2D eigenvalue weighted by molar-refractivity contribution is 0.0826. The molecule has 0 spiro atoms. The number of hydrogen-bond acceptors (Lipinski definition) is 4. The molecule has 0 amide bonds. The maximum Gasteiger partial charge on any atom is 0.157 e. The molecule has 1 N–H and O–H groups in total. The molecule has 1 aromatic carbocycles. The van der Waals surface area contributed by atoms with Crippen molar-refractivity contribution in [1.29, 1.82) is 0 Å². The lowest BCUT2D eigenvalue weighted by Crippen LogP contribution is -2.37. The third-order valence-corrected chi connectivity index (χ3v) is 4.62. The van der Waals surface area contributed by atoms with Crippen molar-refractivity contribution in [1.82, 2.24) is 5.32 Å². The third-order valence-electron chi connectivity index (χ3n) is 3.58. The largest absolute Gasteiger partial charge is 0.381 e. The fourth-order valence-electron chi connectivity index (χ4n) is 2.50. The van der Waals surface area contributed by atoms with Crippen molar-refractivity contribution in [2.75, 3.05) is 19.0 Å². The van der Waals surface area contributed by atoms with Crippen LogP contribution in [0.1, 0.15) is 18.4 Å². The summed E-state index contributed by atoms with van der Waals surface area (Å²) in [7, 11) is 0. The molecule has 2 aliphatic rings. The summed E-state index contributed by atoms with van der Waals surface area (Å²) >= 11 is 1.86. The molecule has 1 saturated heterocycles. The highest BCUT2D eigenvalue weighted by atomic mass is 32.2. The van der Waals surface area contributed by atoms with Crippen LogP contribution < -0.4 is 5.32 Å². The Morgan fingerprint density at radius 2 is 2.00 bits per heavy atom. The van der Waals surface area contributed by atoms with E-state index in [-0.39, 0.29) is 0 Å². The Morgan fingerprint density at radius 3 is 2.79 bits per heavy atom. The first kappa shape index (κ1) is 13.0. The molecule has 3 rings (SSSR count). The van der Waals surface area contributed by atoms with Crippen LogP contribution in [0, 0.1) is 0 Å². The van der Waals surface area contributed by atoms with E-state index < -0.39 is 0 Å². The molecular formula is C15H20N2OS. The summed E-state index contributed by atoms with van der Waals surface area (Å²) in [5.74, 6) is 1.10. The van der Waals surface area contributed by atoms with Crippen molar-refractivity contribution in [3.05, 3.63) is 35.9 Å². The van der Waals surface area contributed by atoms with Gasteiger partial charge in [-0.05, 0) is 24.8 Å². The minimum atomic E-state index is 0.426. The topological polar surface area (TPSA) is 33.6 Å². The molecule has 102 valence electrons. The number of rotatable bonds is 3. The summed E-state index contributed by atoms with van der Waals surface area (Å²) in [6, 6.07) is 11.6. The van der Waals surface area contributed by atoms with Crippen molar-refractivity contribution < 1.29 is 4.74 Å². The number of ether oxygens (including phenoxy) is 1. The minimum absolute atomic E-state index is 0.426. The molecule has 1 fully saturated rings. The van der Waals surface area contributed by atoms with E-state index in [0.29, 0.717) is 12.1 Å². The van der Waals surface area contributed by atoms with E-state index in [2.05, 4.69) is 35.6 Å². The Morgan fingerprint density at radius 1 is 1.21 bits per heavy atom. The average Bonchev–Trinajstić information content (AvgIpc) is 2.88. The van der Waals surface area contributed by atoms with Gasteiger partial charge in [-0.25, -0.2) is 0 Å². The Hall–Kier alpha value is -1.00. The zero-order valence-electron chi connectivity index (χ0n) is 11.0. The van der Waals surface area contributed by atoms with Crippen LogP contribution >= 0.6 is 11.8 Å². The molecule has 19 heavy (non-hydrogen) atoms. The molecule has 1 atom stereocenters. The highest BCUT2D eigenvalue weighted by molar-refractivity contribution is 8.14. The van der Waals surface area contributed by atoms with Crippen molar-refractivity contribution in [3.8, 4) is 0 Å². The molecule has 1 unspecified atom stereocenters. The van der Waals surface area contributed by atoms with Gasteiger partial charge in [0.05, 0.1) is 6.04 Å². The highest BCUT2D eigenvalue weighted by Gasteiger charge is 2.21. The molecule has 2 heterocycles. The van der Waals surface area contributed by atoms with Gasteiger partial charge < -0.3 is 10.1 Å². The number of benzene rings is 1. The normalized spacial score (nSPS) is 24.2. The molecule has 0 saturated carbocycles. The van der Waals surface area contributed by atoms with Gasteiger partial charge in [-0.1, -0.05) is 42.1 Å². The van der Waals surface area contributed by atoms with Crippen LogP contribution in [0.2, 0.25) is 0 Å². The van der Waals surface area contributed by atoms with E-state index in [4.69, 9.17) is 9.73 Å². The zero-order chi connectivity index (χ0) is 12.9. The first-order valence-electron chi connectivity index (χ1n) is 6.99. The SMILES string of the molecule is c1ccc(CC2CSC(NC3CCOCC3)=N2)cc1. The maximum absolute atomic E-state index is 5.38. The van der Waals surface area contributed by atoms with E-state index in [9.17, 15) is 0 Å². The molecule has 0 radical (unpaired) electrons. The molecule has 2 aliphatic heterocycles. The second kappa shape index (κ2) is 6.44. The van der Waals surface area contributed by atoms with Crippen molar-refractivity contribution >= 4 is 16.9 Å². The number of aliphatic imine (C=N–C) groups is 1. The second-order valence-electron chi connectivity index (χ2n) is 5.12. The molecule has 3 nitrogen and oxygen atoms in total. The Balaban J connectivity index is 1.52. The van der Waals surface area contributed by atoms with Crippen molar-refractivity contribution in [2.45, 2.75) is 31.3 Å². The fraction of sp³-hybridized carbons (Fsp3) is 0.533. The predicted octanol–water partition coefficient (Wildman–Crippen LogP) is 2.47. The lowest BCUT2D eigenvalue weighted by atomic mass is 10.1. The first-order chi connectivity index (χ1) is 9.40. The van der Waals surface area contributed by atoms with Gasteiger partial charge in [0.15, 0.2) is 5.17 Å². The van der Waals surface area contributed by atoms with Gasteiger partial charge in [0.25, 0.3) is 0 Å². The highest BCUT2D eigenvalue weighted by Crippen LogP contribution is 2.21. The lowest BCUT2D eigenvalue weighted by Gasteiger charge is -2.23. The standard InChI is InChI=1S/C15H20N2OS/c1-2-4-12(5-3-1)10-14-11-19-15(17-14)16-13-6-8-18-9-7-13/h1-5,13-14H,6-11H2,(H,16,17). The number of hydrogen-bond donors (Lipinski definition) is 1. The fourth-order valence-corrected chi connectivity index (χ4v) is 3.52. The van der Waals surface area contributed by atoms with Gasteiger partial charge in [0.1, 0.15) is 0 Å². The van der Waals surface area contributed by atoms with Crippen LogP contribution in [0.3, 0.4) is 0 Å². The number of nitrogens with zero attached hydrogens (tertiary/aromatic N) is 1. The monoisotopic (exact) mass is 276 g/mol. The van der Waals surface area contributed by atoms with Crippen LogP contribution in [-0.4, -0.2) is 36.2 Å². The van der Waals surface area contributed by atoms with Gasteiger partial charge in [-0.15, -0.1) is 0 Å². The van der Waals surface area contributed by atoms with Crippen LogP contribution in [-0.2, 0) is 11.2 Å². The second-order valence-corrected chi connectivity index (χ2v) is 6.13.